The van der Waals surface area contributed by atoms with Gasteiger partial charge in [0.15, 0.2) is 5.78 Å². The van der Waals surface area contributed by atoms with Gasteiger partial charge < -0.3 is 22.4 Å². The molecular formula is C21H23Cl2FNO2-. The molecule has 0 amide bonds. The van der Waals surface area contributed by atoms with Crippen LogP contribution in [-0.2, 0) is 5.60 Å². The smallest absolute Gasteiger partial charge is 0.162 e. The van der Waals surface area contributed by atoms with Crippen LogP contribution in [-0.4, -0.2) is 35.4 Å². The van der Waals surface area contributed by atoms with Crippen LogP contribution in [0, 0.1) is 5.82 Å². The molecule has 146 valence electrons. The second kappa shape index (κ2) is 9.65. The maximum atomic E-state index is 12.9. The van der Waals surface area contributed by atoms with Crippen molar-refractivity contribution in [3.63, 3.8) is 0 Å². The van der Waals surface area contributed by atoms with Gasteiger partial charge in [-0.3, -0.25) is 4.79 Å². The van der Waals surface area contributed by atoms with E-state index < -0.39 is 5.60 Å². The highest BCUT2D eigenvalue weighted by atomic mass is 35.5. The lowest BCUT2D eigenvalue weighted by Gasteiger charge is -2.38. The van der Waals surface area contributed by atoms with Crippen molar-refractivity contribution in [1.29, 1.82) is 0 Å². The Balaban J connectivity index is 0.00000261. The molecule has 3 rings (SSSR count). The van der Waals surface area contributed by atoms with Gasteiger partial charge in [-0.2, -0.15) is 0 Å². The lowest BCUT2D eigenvalue weighted by molar-refractivity contribution is -0.0260. The maximum Gasteiger partial charge on any atom is 0.162 e. The molecule has 2 aromatic rings. The third-order valence-corrected chi connectivity index (χ3v) is 5.36. The molecule has 0 unspecified atom stereocenters. The summed E-state index contributed by atoms with van der Waals surface area (Å²) in [6, 6.07) is 13.1. The quantitative estimate of drug-likeness (QED) is 0.732. The number of likely N-dealkylation sites (tertiary alicyclic amines) is 1. The minimum Gasteiger partial charge on any atom is -1.00 e. The third kappa shape index (κ3) is 5.76. The van der Waals surface area contributed by atoms with Gasteiger partial charge in [-0.1, -0.05) is 23.7 Å². The monoisotopic (exact) mass is 410 g/mol. The first-order valence-corrected chi connectivity index (χ1v) is 9.34. The molecule has 0 spiro atoms. The van der Waals surface area contributed by atoms with Crippen molar-refractivity contribution in [3.05, 3.63) is 70.5 Å². The molecule has 1 aliphatic heterocycles. The van der Waals surface area contributed by atoms with Gasteiger partial charge in [-0.05, 0) is 67.8 Å². The lowest BCUT2D eigenvalue weighted by atomic mass is 9.84. The zero-order valence-corrected chi connectivity index (χ0v) is 16.5. The summed E-state index contributed by atoms with van der Waals surface area (Å²) in [5.74, 6) is -0.289. The van der Waals surface area contributed by atoms with Gasteiger partial charge in [0.25, 0.3) is 0 Å². The number of carbonyl (C=O) groups excluding carboxylic acids is 1. The maximum absolute atomic E-state index is 12.9. The zero-order chi connectivity index (χ0) is 18.6. The van der Waals surface area contributed by atoms with Crippen molar-refractivity contribution in [3.8, 4) is 0 Å². The fraction of sp³-hybridized carbons (Fsp3) is 0.381. The van der Waals surface area contributed by atoms with Crippen LogP contribution < -0.4 is 12.4 Å². The van der Waals surface area contributed by atoms with Gasteiger partial charge >= 0.3 is 0 Å². The highest BCUT2D eigenvalue weighted by Gasteiger charge is 2.33. The van der Waals surface area contributed by atoms with E-state index in [-0.39, 0.29) is 24.0 Å². The van der Waals surface area contributed by atoms with Crippen LogP contribution in [0.3, 0.4) is 0 Å². The first-order chi connectivity index (χ1) is 12.5. The zero-order valence-electron chi connectivity index (χ0n) is 15.0. The summed E-state index contributed by atoms with van der Waals surface area (Å²) in [4.78, 5) is 14.4. The van der Waals surface area contributed by atoms with Gasteiger partial charge in [0.05, 0.1) is 5.60 Å². The van der Waals surface area contributed by atoms with Crippen molar-refractivity contribution in [2.45, 2.75) is 31.3 Å². The van der Waals surface area contributed by atoms with Gasteiger partial charge in [-0.25, -0.2) is 4.39 Å². The molecule has 3 nitrogen and oxygen atoms in total. The Morgan fingerprint density at radius 2 is 1.67 bits per heavy atom. The van der Waals surface area contributed by atoms with Crippen molar-refractivity contribution in [2.75, 3.05) is 19.6 Å². The average molecular weight is 411 g/mol. The van der Waals surface area contributed by atoms with Crippen LogP contribution in [0.25, 0.3) is 0 Å². The molecule has 1 heterocycles. The SMILES string of the molecule is O=C(CCCN1CCC(O)(c2ccc(Cl)cc2)CC1)c1ccc(F)cc1.[Cl-]. The predicted molar refractivity (Wildman–Crippen MR) is 101 cm³/mol. The van der Waals surface area contributed by atoms with Crippen molar-refractivity contribution in [1.82, 2.24) is 4.90 Å². The van der Waals surface area contributed by atoms with E-state index in [1.54, 1.807) is 0 Å². The molecule has 0 aromatic heterocycles. The van der Waals surface area contributed by atoms with Crippen molar-refractivity contribution >= 4 is 17.4 Å². The van der Waals surface area contributed by atoms with E-state index in [0.717, 1.165) is 31.6 Å². The van der Waals surface area contributed by atoms with Crippen LogP contribution in [0.4, 0.5) is 4.39 Å². The van der Waals surface area contributed by atoms with E-state index >= 15 is 0 Å². The van der Waals surface area contributed by atoms with Crippen LogP contribution >= 0.6 is 11.6 Å². The van der Waals surface area contributed by atoms with E-state index in [1.165, 1.54) is 24.3 Å². The van der Waals surface area contributed by atoms with Crippen LogP contribution in [0.2, 0.25) is 5.02 Å². The first kappa shape index (κ1) is 21.8. The lowest BCUT2D eigenvalue weighted by Crippen LogP contribution is -3.00. The molecular weight excluding hydrogens is 388 g/mol. The normalized spacial score (nSPS) is 16.6. The standard InChI is InChI=1S/C21H23ClFNO2.ClH/c22-18-7-5-17(6-8-18)21(26)11-14-24(15-12-21)13-1-2-20(25)16-3-9-19(23)10-4-16;/h3-10,26H,1-2,11-15H2;1H/p-1. The molecule has 0 atom stereocenters. The first-order valence-electron chi connectivity index (χ1n) is 8.96. The third-order valence-electron chi connectivity index (χ3n) is 5.11. The number of rotatable bonds is 6. The van der Waals surface area contributed by atoms with Gasteiger partial charge in [0.1, 0.15) is 5.82 Å². The number of aliphatic hydroxyl groups is 1. The van der Waals surface area contributed by atoms with E-state index in [0.29, 0.717) is 29.8 Å². The molecule has 0 radical (unpaired) electrons. The highest BCUT2D eigenvalue weighted by molar-refractivity contribution is 6.30. The number of ketones is 1. The fourth-order valence-corrected chi connectivity index (χ4v) is 3.56. The predicted octanol–water partition coefficient (Wildman–Crippen LogP) is 1.43. The van der Waals surface area contributed by atoms with Crippen molar-refractivity contribution < 1.29 is 26.7 Å². The second-order valence-corrected chi connectivity index (χ2v) is 7.35. The molecule has 1 aliphatic rings. The van der Waals surface area contributed by atoms with E-state index in [4.69, 9.17) is 11.6 Å². The van der Waals surface area contributed by atoms with Gasteiger partial charge in [0, 0.05) is 30.1 Å². The Morgan fingerprint density at radius 3 is 2.26 bits per heavy atom. The molecule has 27 heavy (non-hydrogen) atoms. The summed E-state index contributed by atoms with van der Waals surface area (Å²) >= 11 is 5.92. The van der Waals surface area contributed by atoms with Gasteiger partial charge in [0.2, 0.25) is 0 Å². The summed E-state index contributed by atoms with van der Waals surface area (Å²) in [6.45, 7) is 2.41. The Bertz CT molecular complexity index is 742. The Morgan fingerprint density at radius 1 is 1.07 bits per heavy atom. The minimum absolute atomic E-state index is 0. The number of nitrogens with zero attached hydrogens (tertiary/aromatic N) is 1. The molecule has 1 fully saturated rings. The number of Topliss-reactive ketones (excluding diaryl/α,β-unsaturated/α-hetero) is 1. The molecule has 2 aromatic carbocycles. The number of piperidine rings is 1. The summed E-state index contributed by atoms with van der Waals surface area (Å²) in [5.41, 5.74) is 0.667. The summed E-state index contributed by atoms with van der Waals surface area (Å²) < 4.78 is 12.9. The fourth-order valence-electron chi connectivity index (χ4n) is 3.44. The molecule has 0 bridgehead atoms. The van der Waals surface area contributed by atoms with E-state index in [2.05, 4.69) is 4.90 Å². The molecule has 6 heteroatoms. The molecule has 0 aliphatic carbocycles. The number of carbonyl (C=O) groups is 1. The number of hydrogen-bond donors (Lipinski definition) is 1. The second-order valence-electron chi connectivity index (χ2n) is 6.91. The average Bonchev–Trinajstić information content (AvgIpc) is 2.64. The Kier molecular flexibility index (Phi) is 7.80. The number of hydrogen-bond acceptors (Lipinski definition) is 3. The summed E-state index contributed by atoms with van der Waals surface area (Å²) in [5, 5.41) is 11.5. The van der Waals surface area contributed by atoms with Crippen LogP contribution in [0.15, 0.2) is 48.5 Å². The van der Waals surface area contributed by atoms with Gasteiger partial charge in [-0.15, -0.1) is 0 Å². The highest BCUT2D eigenvalue weighted by Crippen LogP contribution is 2.33. The largest absolute Gasteiger partial charge is 1.00 e. The number of benzene rings is 2. The van der Waals surface area contributed by atoms with E-state index in [9.17, 15) is 14.3 Å². The van der Waals surface area contributed by atoms with Crippen LogP contribution in [0.1, 0.15) is 41.6 Å². The molecule has 1 N–H and O–H groups in total. The number of halogens is 3. The molecule has 1 saturated heterocycles. The topological polar surface area (TPSA) is 40.5 Å². The Labute approximate surface area is 170 Å². The Hall–Kier alpha value is -1.46. The van der Waals surface area contributed by atoms with Crippen LogP contribution in [0.5, 0.6) is 0 Å². The summed E-state index contributed by atoms with van der Waals surface area (Å²) in [6.07, 6.45) is 2.54. The minimum atomic E-state index is -0.801. The van der Waals surface area contributed by atoms with E-state index in [1.807, 2.05) is 24.3 Å². The molecule has 0 saturated carbocycles. The summed E-state index contributed by atoms with van der Waals surface area (Å²) in [7, 11) is 0. The van der Waals surface area contributed by atoms with Crippen molar-refractivity contribution in [2.24, 2.45) is 0 Å².